The van der Waals surface area contributed by atoms with Crippen LogP contribution in [-0.2, 0) is 12.6 Å². The number of benzene rings is 1. The average Bonchev–Trinajstić information content (AvgIpc) is 2.89. The van der Waals surface area contributed by atoms with Gasteiger partial charge in [0.05, 0.1) is 11.6 Å². The summed E-state index contributed by atoms with van der Waals surface area (Å²) in [7, 11) is 0. The average molecular weight is 286 g/mol. The lowest BCUT2D eigenvalue weighted by molar-refractivity contribution is -0.137. The van der Waals surface area contributed by atoms with E-state index in [0.29, 0.717) is 12.0 Å². The van der Waals surface area contributed by atoms with Crippen molar-refractivity contribution >= 4 is 11.3 Å². The molecule has 102 valence electrons. The van der Waals surface area contributed by atoms with E-state index >= 15 is 0 Å². The van der Waals surface area contributed by atoms with Crippen molar-refractivity contribution in [2.75, 3.05) is 0 Å². The quantitative estimate of drug-likeness (QED) is 0.666. The van der Waals surface area contributed by atoms with Gasteiger partial charge in [0.2, 0.25) is 0 Å². The number of halogens is 3. The second kappa shape index (κ2) is 5.73. The first kappa shape index (κ1) is 14.0. The molecule has 2 aromatic rings. The summed E-state index contributed by atoms with van der Waals surface area (Å²) in [5.41, 5.74) is 2.61. The molecule has 0 saturated heterocycles. The largest absolute Gasteiger partial charge is 0.416 e. The molecule has 1 heterocycles. The summed E-state index contributed by atoms with van der Waals surface area (Å²) in [6, 6.07) is 8.94. The van der Waals surface area contributed by atoms with Crippen LogP contribution in [0.2, 0.25) is 0 Å². The molecular formula is C13H13F3N2S. The van der Waals surface area contributed by atoms with E-state index in [4.69, 9.17) is 5.84 Å². The number of nitrogens with one attached hydrogen (secondary N) is 1. The number of rotatable bonds is 4. The van der Waals surface area contributed by atoms with Gasteiger partial charge in [0.1, 0.15) is 0 Å². The van der Waals surface area contributed by atoms with Crippen LogP contribution in [0, 0.1) is 0 Å². The first-order valence-electron chi connectivity index (χ1n) is 5.66. The minimum Gasteiger partial charge on any atom is -0.271 e. The van der Waals surface area contributed by atoms with E-state index in [-0.39, 0.29) is 6.04 Å². The molecule has 6 heteroatoms. The summed E-state index contributed by atoms with van der Waals surface area (Å²) < 4.78 is 37.9. The number of hydrogen-bond acceptors (Lipinski definition) is 3. The molecule has 0 fully saturated rings. The topological polar surface area (TPSA) is 38.0 Å². The number of hydrazine groups is 1. The molecule has 0 spiro atoms. The fourth-order valence-electron chi connectivity index (χ4n) is 1.84. The molecule has 0 saturated carbocycles. The van der Waals surface area contributed by atoms with Crippen molar-refractivity contribution in [1.82, 2.24) is 5.43 Å². The van der Waals surface area contributed by atoms with Crippen LogP contribution in [0.5, 0.6) is 0 Å². The molecule has 0 radical (unpaired) electrons. The molecule has 0 aliphatic carbocycles. The van der Waals surface area contributed by atoms with Crippen molar-refractivity contribution in [3.8, 4) is 0 Å². The van der Waals surface area contributed by atoms with Gasteiger partial charge in [0.15, 0.2) is 0 Å². The van der Waals surface area contributed by atoms with Gasteiger partial charge in [-0.3, -0.25) is 11.3 Å². The Labute approximate surface area is 113 Å². The van der Waals surface area contributed by atoms with E-state index in [1.807, 2.05) is 17.5 Å². The Balaban J connectivity index is 2.19. The minimum absolute atomic E-state index is 0.177. The van der Waals surface area contributed by atoms with Crippen LogP contribution in [-0.4, -0.2) is 0 Å². The van der Waals surface area contributed by atoms with Crippen molar-refractivity contribution in [2.45, 2.75) is 18.6 Å². The Bertz CT molecular complexity index is 523. The van der Waals surface area contributed by atoms with Crippen molar-refractivity contribution in [3.63, 3.8) is 0 Å². The van der Waals surface area contributed by atoms with Crippen LogP contribution in [0.15, 0.2) is 41.8 Å². The normalized spacial score (nSPS) is 13.5. The third-order valence-corrected chi connectivity index (χ3v) is 3.77. The predicted octanol–water partition coefficient (Wildman–Crippen LogP) is 3.51. The van der Waals surface area contributed by atoms with Gasteiger partial charge >= 0.3 is 6.18 Å². The maximum absolute atomic E-state index is 12.6. The van der Waals surface area contributed by atoms with Gasteiger partial charge in [-0.05, 0) is 29.5 Å². The van der Waals surface area contributed by atoms with Crippen molar-refractivity contribution in [1.29, 1.82) is 0 Å². The highest BCUT2D eigenvalue weighted by Gasteiger charge is 2.30. The Kier molecular flexibility index (Phi) is 4.24. The summed E-state index contributed by atoms with van der Waals surface area (Å²) in [4.78, 5) is 1.000. The maximum atomic E-state index is 12.6. The zero-order valence-corrected chi connectivity index (χ0v) is 10.8. The third-order valence-electron chi connectivity index (χ3n) is 2.78. The molecular weight excluding hydrogens is 273 g/mol. The van der Waals surface area contributed by atoms with E-state index in [2.05, 4.69) is 5.43 Å². The van der Waals surface area contributed by atoms with Gasteiger partial charge in [-0.1, -0.05) is 24.3 Å². The number of thiophene rings is 1. The molecule has 2 rings (SSSR count). The molecule has 1 aromatic carbocycles. The first-order valence-corrected chi connectivity index (χ1v) is 6.54. The van der Waals surface area contributed by atoms with Crippen LogP contribution < -0.4 is 11.3 Å². The van der Waals surface area contributed by atoms with Crippen molar-refractivity contribution < 1.29 is 13.2 Å². The zero-order valence-electron chi connectivity index (χ0n) is 9.95. The lowest BCUT2D eigenvalue weighted by Crippen LogP contribution is -2.29. The van der Waals surface area contributed by atoms with Gasteiger partial charge in [0, 0.05) is 4.88 Å². The van der Waals surface area contributed by atoms with Crippen molar-refractivity contribution in [3.05, 3.63) is 57.8 Å². The van der Waals surface area contributed by atoms with E-state index in [1.165, 1.54) is 17.4 Å². The Hall–Kier alpha value is -1.37. The monoisotopic (exact) mass is 286 g/mol. The van der Waals surface area contributed by atoms with E-state index in [0.717, 1.165) is 17.0 Å². The number of hydrogen-bond donors (Lipinski definition) is 2. The Morgan fingerprint density at radius 2 is 2.00 bits per heavy atom. The molecule has 19 heavy (non-hydrogen) atoms. The van der Waals surface area contributed by atoms with E-state index < -0.39 is 11.7 Å². The second-order valence-electron chi connectivity index (χ2n) is 4.14. The number of alkyl halides is 3. The molecule has 1 unspecified atom stereocenters. The summed E-state index contributed by atoms with van der Waals surface area (Å²) in [5, 5.41) is 1.91. The Morgan fingerprint density at radius 3 is 2.58 bits per heavy atom. The summed E-state index contributed by atoms with van der Waals surface area (Å²) in [6.07, 6.45) is -3.90. The van der Waals surface area contributed by atoms with Crippen LogP contribution in [0.3, 0.4) is 0 Å². The van der Waals surface area contributed by atoms with Gasteiger partial charge in [-0.15, -0.1) is 11.3 Å². The van der Waals surface area contributed by atoms with Gasteiger partial charge in [0.25, 0.3) is 0 Å². The Morgan fingerprint density at radius 1 is 1.21 bits per heavy atom. The van der Waals surface area contributed by atoms with E-state index in [9.17, 15) is 13.2 Å². The lowest BCUT2D eigenvalue weighted by Gasteiger charge is -2.15. The summed E-state index contributed by atoms with van der Waals surface area (Å²) in [5.74, 6) is 5.47. The molecule has 2 nitrogen and oxygen atoms in total. The molecule has 1 atom stereocenters. The molecule has 1 aromatic heterocycles. The predicted molar refractivity (Wildman–Crippen MR) is 69.5 cm³/mol. The lowest BCUT2D eigenvalue weighted by atomic mass is 10.0. The molecule has 0 amide bonds. The standard InChI is InChI=1S/C13H13F3N2S/c14-13(15,16)10-4-1-3-9(7-10)8-11(18-17)12-5-2-6-19-12/h1-7,11,18H,8,17H2. The first-order chi connectivity index (χ1) is 9.00. The fraction of sp³-hybridized carbons (Fsp3) is 0.231. The van der Waals surface area contributed by atoms with Gasteiger partial charge in [-0.2, -0.15) is 13.2 Å². The number of nitrogens with two attached hydrogens (primary N) is 1. The SMILES string of the molecule is NNC(Cc1cccc(C(F)(F)F)c1)c1cccs1. The smallest absolute Gasteiger partial charge is 0.271 e. The highest BCUT2D eigenvalue weighted by molar-refractivity contribution is 7.10. The summed E-state index contributed by atoms with van der Waals surface area (Å²) >= 11 is 1.52. The molecule has 0 bridgehead atoms. The van der Waals surface area contributed by atoms with Crippen LogP contribution in [0.4, 0.5) is 13.2 Å². The summed E-state index contributed by atoms with van der Waals surface area (Å²) in [6.45, 7) is 0. The molecule has 0 aliphatic heterocycles. The highest BCUT2D eigenvalue weighted by Crippen LogP contribution is 2.30. The molecule has 0 aliphatic rings. The third kappa shape index (κ3) is 3.56. The van der Waals surface area contributed by atoms with Crippen LogP contribution >= 0.6 is 11.3 Å². The highest BCUT2D eigenvalue weighted by atomic mass is 32.1. The molecule has 3 N–H and O–H groups in total. The van der Waals surface area contributed by atoms with E-state index in [1.54, 1.807) is 6.07 Å². The van der Waals surface area contributed by atoms with Gasteiger partial charge < -0.3 is 0 Å². The zero-order chi connectivity index (χ0) is 13.9. The van der Waals surface area contributed by atoms with Crippen molar-refractivity contribution in [2.24, 2.45) is 5.84 Å². The van der Waals surface area contributed by atoms with Crippen LogP contribution in [0.1, 0.15) is 22.0 Å². The second-order valence-corrected chi connectivity index (χ2v) is 5.12. The maximum Gasteiger partial charge on any atom is 0.416 e. The van der Waals surface area contributed by atoms with Gasteiger partial charge in [-0.25, -0.2) is 0 Å². The van der Waals surface area contributed by atoms with Crippen LogP contribution in [0.25, 0.3) is 0 Å². The minimum atomic E-state index is -4.31. The fourth-order valence-corrected chi connectivity index (χ4v) is 2.63.